The quantitative estimate of drug-likeness (QED) is 0.0865. The molecule has 2 aromatic carbocycles. The zero-order valence-corrected chi connectivity index (χ0v) is 34.6. The first kappa shape index (κ1) is 39.4. The zero-order chi connectivity index (χ0) is 29.2. The van der Waals surface area contributed by atoms with Gasteiger partial charge in [-0.3, -0.25) is 0 Å². The van der Waals surface area contributed by atoms with Crippen LogP contribution in [0.15, 0.2) is 59.2 Å². The van der Waals surface area contributed by atoms with Crippen LogP contribution in [0.2, 0.25) is 0 Å². The molecule has 2 aliphatic carbocycles. The van der Waals surface area contributed by atoms with Crippen LogP contribution in [0.25, 0.3) is 12.2 Å². The fraction of sp³-hybridized carbons (Fsp3) is 0.579. The van der Waals surface area contributed by atoms with E-state index < -0.39 is 22.9 Å². The summed E-state index contributed by atoms with van der Waals surface area (Å²) in [6.07, 6.45) is 22.2. The van der Waals surface area contributed by atoms with E-state index in [2.05, 4.69) is 102 Å². The van der Waals surface area contributed by atoms with E-state index in [1.807, 2.05) is 10.6 Å². The number of allylic oxidation sites excluding steroid dienone is 2. The van der Waals surface area contributed by atoms with Gasteiger partial charge in [-0.2, -0.15) is 0 Å². The molecule has 5 heteroatoms. The van der Waals surface area contributed by atoms with E-state index in [-0.39, 0.29) is 40.7 Å². The van der Waals surface area contributed by atoms with Crippen molar-refractivity contribution in [1.82, 2.24) is 0 Å². The molecule has 0 radical (unpaired) electrons. The number of halogens is 2. The Balaban J connectivity index is 0.00000323. The first-order chi connectivity index (χ1) is 20.0. The summed E-state index contributed by atoms with van der Waals surface area (Å²) in [5.41, 5.74) is 8.15. The normalized spacial score (nSPS) is 18.9. The van der Waals surface area contributed by atoms with Gasteiger partial charge in [-0.15, -0.1) is 0 Å². The van der Waals surface area contributed by atoms with Gasteiger partial charge in [0.25, 0.3) is 0 Å². The maximum absolute atomic E-state index is 2.73. The topological polar surface area (TPSA) is 0 Å². The molecule has 0 saturated carbocycles. The number of rotatable bonds is 18. The van der Waals surface area contributed by atoms with E-state index in [1.165, 1.54) is 76.5 Å². The molecule has 0 saturated heterocycles. The molecule has 0 amide bonds. The molecule has 0 aliphatic heterocycles. The minimum absolute atomic E-state index is 0. The van der Waals surface area contributed by atoms with Crippen LogP contribution < -0.4 is 24.8 Å². The maximum atomic E-state index is 2.73. The summed E-state index contributed by atoms with van der Waals surface area (Å²) in [6, 6.07) is 19.1. The van der Waals surface area contributed by atoms with Crippen molar-refractivity contribution in [2.24, 2.45) is 0 Å². The largest absolute Gasteiger partial charge is 1.00 e. The molecule has 0 bridgehead atoms. The van der Waals surface area contributed by atoms with E-state index in [4.69, 9.17) is 0 Å². The van der Waals surface area contributed by atoms with Gasteiger partial charge in [-0.05, 0) is 0 Å². The third-order valence-corrected chi connectivity index (χ3v) is 24.6. The number of hydrogen-bond acceptors (Lipinski definition) is 0. The van der Waals surface area contributed by atoms with Crippen molar-refractivity contribution in [1.29, 1.82) is 0 Å². The summed E-state index contributed by atoms with van der Waals surface area (Å²) in [6.45, 7) is 14.7. The molecule has 2 aromatic rings. The van der Waals surface area contributed by atoms with Gasteiger partial charge < -0.3 is 24.8 Å². The third-order valence-electron chi connectivity index (χ3n) is 9.50. The molecule has 0 heterocycles. The predicted molar refractivity (Wildman–Crippen MR) is 186 cm³/mol. The molecule has 2 aliphatic rings. The third kappa shape index (κ3) is 10.1. The smallest absolute Gasteiger partial charge is 1.00 e. The summed E-state index contributed by atoms with van der Waals surface area (Å²) in [7, 11) is -0.152. The van der Waals surface area contributed by atoms with E-state index in [1.54, 1.807) is 22.3 Å². The fourth-order valence-corrected chi connectivity index (χ4v) is 24.0. The van der Waals surface area contributed by atoms with Crippen LogP contribution in [0, 0.1) is 0 Å². The molecule has 4 unspecified atom stereocenters. The molecule has 236 valence electrons. The molecule has 0 N–H and O–H groups in total. The number of fused-ring (bicyclic) bond motifs is 2. The fourth-order valence-electron chi connectivity index (χ4n) is 6.79. The summed E-state index contributed by atoms with van der Waals surface area (Å²) in [5.74, 6) is 0. The Kier molecular flexibility index (Phi) is 18.8. The van der Waals surface area contributed by atoms with Crippen LogP contribution in [-0.4, -0.2) is 23.6 Å². The van der Waals surface area contributed by atoms with Gasteiger partial charge in [0.1, 0.15) is 0 Å². The van der Waals surface area contributed by atoms with Crippen LogP contribution in [0.5, 0.6) is 0 Å². The minimum Gasteiger partial charge on any atom is -1.00 e. The molecule has 0 fully saturated rings. The zero-order valence-electron chi connectivity index (χ0n) is 27.7. The Hall–Kier alpha value is 0.230. The monoisotopic (exact) mass is 824 g/mol. The molecule has 0 spiro atoms. The first-order valence-electron chi connectivity index (χ1n) is 16.9. The molecule has 4 rings (SSSR count). The van der Waals surface area contributed by atoms with Crippen molar-refractivity contribution in [2.75, 3.05) is 12.3 Å². The average molecular weight is 824 g/mol. The van der Waals surface area contributed by atoms with Crippen LogP contribution in [0.1, 0.15) is 135 Å². The van der Waals surface area contributed by atoms with E-state index in [0.29, 0.717) is 0 Å². The van der Waals surface area contributed by atoms with Crippen LogP contribution in [0.4, 0.5) is 0 Å². The van der Waals surface area contributed by atoms with Crippen molar-refractivity contribution < 1.29 is 47.7 Å². The maximum Gasteiger partial charge on any atom is -1.00 e. The average Bonchev–Trinajstić information content (AvgIpc) is 3.54. The second-order valence-corrected chi connectivity index (χ2v) is 23.4. The minimum atomic E-state index is -1.18. The molecule has 0 nitrogen and oxygen atoms in total. The standard InChI is InChI=1S/C21H32P.C17H24P.2ClH.Hf/c1-3-5-7-11-15-22(16-12-8-6-4-2)21-17-19-13-9-10-14-20(19)18-21;1-5-13(3)18(14(4)6-2)17-11-15-9-7-8-10-16(15)12-17;;;/h9-10,13-14,17-18H,3-8,11-12,15-16H2,1-2H3;7-14H,5-6H2,1-4H3;2*1H;/q;;;;+2/p-2. The van der Waals surface area contributed by atoms with E-state index >= 15 is 0 Å². The molecular weight excluding hydrogens is 768 g/mol. The summed E-state index contributed by atoms with van der Waals surface area (Å²) in [5, 5.41) is 3.82. The molecular formula is C38H56Cl2HfP2. The Morgan fingerprint density at radius 3 is 1.51 bits per heavy atom. The van der Waals surface area contributed by atoms with Crippen molar-refractivity contribution in [3.05, 3.63) is 81.4 Å². The van der Waals surface area contributed by atoms with Gasteiger partial charge in [0.2, 0.25) is 0 Å². The van der Waals surface area contributed by atoms with Crippen LogP contribution in [-0.2, 0) is 22.9 Å². The molecule has 4 atom stereocenters. The summed E-state index contributed by atoms with van der Waals surface area (Å²) in [4.78, 5) is 0. The van der Waals surface area contributed by atoms with E-state index in [9.17, 15) is 0 Å². The van der Waals surface area contributed by atoms with Crippen molar-refractivity contribution in [3.8, 4) is 0 Å². The van der Waals surface area contributed by atoms with Crippen molar-refractivity contribution in [2.45, 2.75) is 124 Å². The second kappa shape index (κ2) is 20.5. The Labute approximate surface area is 291 Å². The van der Waals surface area contributed by atoms with Crippen LogP contribution >= 0.6 is 15.8 Å². The first-order valence-corrected chi connectivity index (χ1v) is 24.3. The molecule has 43 heavy (non-hydrogen) atoms. The second-order valence-electron chi connectivity index (χ2n) is 12.5. The number of benzene rings is 2. The summed E-state index contributed by atoms with van der Waals surface area (Å²) >= 11 is -1.18. The van der Waals surface area contributed by atoms with Gasteiger partial charge in [0.15, 0.2) is 0 Å². The Morgan fingerprint density at radius 1 is 0.605 bits per heavy atom. The SMILES string of the molecule is CCCCCCP(CCCCCC)C1=Cc2ccccc2[CH]1[Hf+2][CH]1C(P(C(C)CC)C(C)CC)=Cc2ccccc21.[Cl-].[Cl-]. The predicted octanol–water partition coefficient (Wildman–Crippen LogP) is 6.99. The van der Waals surface area contributed by atoms with Gasteiger partial charge in [0.05, 0.1) is 0 Å². The van der Waals surface area contributed by atoms with Gasteiger partial charge >= 0.3 is 269 Å². The Morgan fingerprint density at radius 2 is 1.05 bits per heavy atom. The molecule has 0 aromatic heterocycles. The van der Waals surface area contributed by atoms with Gasteiger partial charge in [-0.25, -0.2) is 0 Å². The van der Waals surface area contributed by atoms with E-state index in [0.717, 1.165) is 18.7 Å². The van der Waals surface area contributed by atoms with Crippen LogP contribution in [0.3, 0.4) is 0 Å². The van der Waals surface area contributed by atoms with Crippen molar-refractivity contribution >= 4 is 28.0 Å². The van der Waals surface area contributed by atoms with Gasteiger partial charge in [-0.1, -0.05) is 0 Å². The number of unbranched alkanes of at least 4 members (excludes halogenated alkanes) is 6. The van der Waals surface area contributed by atoms with Gasteiger partial charge in [0, 0.05) is 0 Å². The Bertz CT molecular complexity index is 1140. The van der Waals surface area contributed by atoms with Crippen molar-refractivity contribution in [3.63, 3.8) is 0 Å². The number of hydrogen-bond donors (Lipinski definition) is 0. The summed E-state index contributed by atoms with van der Waals surface area (Å²) < 4.78 is 1.54.